The summed E-state index contributed by atoms with van der Waals surface area (Å²) in [6.07, 6.45) is 0.747. The Morgan fingerprint density at radius 3 is 2.92 bits per heavy atom. The Labute approximate surface area is 82.9 Å². The molecule has 0 aliphatic carbocycles. The van der Waals surface area contributed by atoms with Crippen LogP contribution in [0, 0.1) is 6.57 Å². The molecule has 0 atom stereocenters. The van der Waals surface area contributed by atoms with Crippen LogP contribution in [0.15, 0.2) is 18.2 Å². The summed E-state index contributed by atoms with van der Waals surface area (Å²) in [5.74, 6) is 0.671. The topological polar surface area (TPSA) is 13.6 Å². The van der Waals surface area contributed by atoms with Crippen LogP contribution in [0.5, 0.6) is 5.75 Å². The van der Waals surface area contributed by atoms with E-state index in [1.54, 1.807) is 13.2 Å². The number of benzene rings is 1. The molecule has 13 heavy (non-hydrogen) atoms. The van der Waals surface area contributed by atoms with Gasteiger partial charge in [-0.2, -0.15) is 0 Å². The van der Waals surface area contributed by atoms with Crippen LogP contribution in [0.1, 0.15) is 5.56 Å². The summed E-state index contributed by atoms with van der Waals surface area (Å²) in [5, 5.41) is 0.606. The summed E-state index contributed by atoms with van der Waals surface area (Å²) in [5.41, 5.74) is 1.08. The van der Waals surface area contributed by atoms with Gasteiger partial charge in [-0.25, -0.2) is 6.57 Å². The fraction of sp³-hybridized carbons (Fsp3) is 0.300. The van der Waals surface area contributed by atoms with Gasteiger partial charge in [-0.05, 0) is 17.7 Å². The summed E-state index contributed by atoms with van der Waals surface area (Å²) in [4.78, 5) is 3.29. The molecule has 0 aromatic heterocycles. The van der Waals surface area contributed by atoms with E-state index in [-0.39, 0.29) is 0 Å². The van der Waals surface area contributed by atoms with Crippen LogP contribution in [0.3, 0.4) is 0 Å². The Morgan fingerprint density at radius 2 is 2.31 bits per heavy atom. The molecule has 0 radical (unpaired) electrons. The van der Waals surface area contributed by atoms with E-state index in [0.717, 1.165) is 12.0 Å². The minimum atomic E-state index is 0.505. The molecule has 2 nitrogen and oxygen atoms in total. The van der Waals surface area contributed by atoms with Gasteiger partial charge in [0, 0.05) is 6.42 Å². The van der Waals surface area contributed by atoms with E-state index in [9.17, 15) is 0 Å². The largest absolute Gasteiger partial charge is 0.495 e. The molecule has 0 saturated carbocycles. The van der Waals surface area contributed by atoms with Crippen molar-refractivity contribution in [2.75, 3.05) is 13.7 Å². The Balaban J connectivity index is 2.81. The summed E-state index contributed by atoms with van der Waals surface area (Å²) >= 11 is 5.84. The van der Waals surface area contributed by atoms with Gasteiger partial charge in [0.15, 0.2) is 0 Å². The third-order valence-corrected chi connectivity index (χ3v) is 2.04. The number of hydrogen-bond donors (Lipinski definition) is 0. The molecular formula is C10H10ClNO. The van der Waals surface area contributed by atoms with Crippen LogP contribution in [0.25, 0.3) is 4.85 Å². The van der Waals surface area contributed by atoms with Gasteiger partial charge in [-0.15, -0.1) is 0 Å². The minimum Gasteiger partial charge on any atom is -0.495 e. The Hall–Kier alpha value is -1.20. The highest BCUT2D eigenvalue weighted by Gasteiger charge is 2.02. The van der Waals surface area contributed by atoms with E-state index in [0.29, 0.717) is 17.3 Å². The molecule has 1 rings (SSSR count). The normalized spacial score (nSPS) is 9.31. The number of methoxy groups -OCH3 is 1. The van der Waals surface area contributed by atoms with Gasteiger partial charge in [-0.1, -0.05) is 17.7 Å². The van der Waals surface area contributed by atoms with Crippen molar-refractivity contribution < 1.29 is 4.74 Å². The van der Waals surface area contributed by atoms with Crippen LogP contribution >= 0.6 is 11.6 Å². The molecule has 0 amide bonds. The van der Waals surface area contributed by atoms with Crippen LogP contribution in [0.2, 0.25) is 5.02 Å². The number of nitrogens with zero attached hydrogens (tertiary/aromatic N) is 1. The lowest BCUT2D eigenvalue weighted by Gasteiger charge is -2.03. The monoisotopic (exact) mass is 195 g/mol. The lowest BCUT2D eigenvalue weighted by atomic mass is 10.1. The van der Waals surface area contributed by atoms with Crippen molar-refractivity contribution in [1.29, 1.82) is 0 Å². The zero-order valence-electron chi connectivity index (χ0n) is 7.38. The summed E-state index contributed by atoms with van der Waals surface area (Å²) < 4.78 is 5.06. The maximum atomic E-state index is 6.66. The fourth-order valence-corrected chi connectivity index (χ4v) is 1.24. The van der Waals surface area contributed by atoms with Gasteiger partial charge in [0.25, 0.3) is 0 Å². The zero-order valence-corrected chi connectivity index (χ0v) is 8.14. The van der Waals surface area contributed by atoms with Gasteiger partial charge in [-0.3, -0.25) is 0 Å². The maximum absolute atomic E-state index is 6.66. The Kier molecular flexibility index (Phi) is 3.60. The van der Waals surface area contributed by atoms with Crippen LogP contribution in [-0.4, -0.2) is 13.7 Å². The Morgan fingerprint density at radius 1 is 1.54 bits per heavy atom. The molecule has 0 aliphatic heterocycles. The van der Waals surface area contributed by atoms with E-state index in [1.807, 2.05) is 12.1 Å². The third-order valence-electron chi connectivity index (χ3n) is 1.73. The smallest absolute Gasteiger partial charge is 0.218 e. The third kappa shape index (κ3) is 2.64. The molecule has 0 aliphatic rings. The number of halogens is 1. The second kappa shape index (κ2) is 4.74. The molecule has 0 unspecified atom stereocenters. The van der Waals surface area contributed by atoms with E-state index in [2.05, 4.69) is 4.85 Å². The molecular weight excluding hydrogens is 186 g/mol. The molecule has 0 fully saturated rings. The molecule has 68 valence electrons. The van der Waals surface area contributed by atoms with Gasteiger partial charge >= 0.3 is 0 Å². The lowest BCUT2D eigenvalue weighted by molar-refractivity contribution is 0.414. The highest BCUT2D eigenvalue weighted by molar-refractivity contribution is 6.32. The van der Waals surface area contributed by atoms with Gasteiger partial charge in [0.2, 0.25) is 6.54 Å². The van der Waals surface area contributed by atoms with Gasteiger partial charge in [0.05, 0.1) is 12.1 Å². The van der Waals surface area contributed by atoms with Gasteiger partial charge < -0.3 is 9.58 Å². The standard InChI is InChI=1S/C10H10ClNO/c1-12-6-5-8-3-4-9(11)10(7-8)13-2/h3-4,7H,5-6H2,2H3. The summed E-state index contributed by atoms with van der Waals surface area (Å²) in [6.45, 7) is 7.17. The number of rotatable bonds is 3. The van der Waals surface area contributed by atoms with E-state index < -0.39 is 0 Å². The van der Waals surface area contributed by atoms with Crippen molar-refractivity contribution in [3.63, 3.8) is 0 Å². The van der Waals surface area contributed by atoms with Crippen LogP contribution in [0.4, 0.5) is 0 Å². The quantitative estimate of drug-likeness (QED) is 0.677. The molecule has 0 saturated heterocycles. The summed E-state index contributed by atoms with van der Waals surface area (Å²) in [7, 11) is 1.58. The molecule has 0 heterocycles. The van der Waals surface area contributed by atoms with E-state index in [1.165, 1.54) is 0 Å². The van der Waals surface area contributed by atoms with Crippen molar-refractivity contribution in [3.05, 3.63) is 40.2 Å². The SMILES string of the molecule is [C-]#[N+]CCc1ccc(Cl)c(OC)c1. The van der Waals surface area contributed by atoms with Crippen LogP contribution in [-0.2, 0) is 6.42 Å². The lowest BCUT2D eigenvalue weighted by Crippen LogP contribution is -1.90. The van der Waals surface area contributed by atoms with E-state index in [4.69, 9.17) is 22.9 Å². The molecule has 0 spiro atoms. The molecule has 0 N–H and O–H groups in total. The minimum absolute atomic E-state index is 0.505. The first-order valence-corrected chi connectivity index (χ1v) is 4.31. The van der Waals surface area contributed by atoms with Crippen LogP contribution < -0.4 is 4.74 Å². The second-order valence-electron chi connectivity index (χ2n) is 2.60. The summed E-state index contributed by atoms with van der Waals surface area (Å²) in [6, 6.07) is 5.57. The Bertz CT molecular complexity index is 330. The average Bonchev–Trinajstić information content (AvgIpc) is 2.16. The predicted octanol–water partition coefficient (Wildman–Crippen LogP) is 2.81. The van der Waals surface area contributed by atoms with Gasteiger partial charge in [0.1, 0.15) is 5.75 Å². The molecule has 0 bridgehead atoms. The first-order valence-electron chi connectivity index (χ1n) is 3.93. The van der Waals surface area contributed by atoms with E-state index >= 15 is 0 Å². The zero-order chi connectivity index (χ0) is 9.68. The average molecular weight is 196 g/mol. The molecule has 3 heteroatoms. The molecule has 1 aromatic rings. The first-order chi connectivity index (χ1) is 6.27. The second-order valence-corrected chi connectivity index (χ2v) is 3.01. The highest BCUT2D eigenvalue weighted by atomic mass is 35.5. The molecule has 1 aromatic carbocycles. The predicted molar refractivity (Wildman–Crippen MR) is 53.2 cm³/mol. The maximum Gasteiger partial charge on any atom is 0.218 e. The fourth-order valence-electron chi connectivity index (χ4n) is 1.04. The number of ether oxygens (including phenoxy) is 1. The highest BCUT2D eigenvalue weighted by Crippen LogP contribution is 2.25. The van der Waals surface area contributed by atoms with Crippen molar-refractivity contribution in [2.24, 2.45) is 0 Å². The first kappa shape index (κ1) is 9.88. The van der Waals surface area contributed by atoms with Crippen molar-refractivity contribution in [2.45, 2.75) is 6.42 Å². The van der Waals surface area contributed by atoms with Crippen molar-refractivity contribution in [3.8, 4) is 5.75 Å². The van der Waals surface area contributed by atoms with Crippen molar-refractivity contribution >= 4 is 11.6 Å². The number of hydrogen-bond acceptors (Lipinski definition) is 1. The van der Waals surface area contributed by atoms with Crippen molar-refractivity contribution in [1.82, 2.24) is 0 Å².